The van der Waals surface area contributed by atoms with Crippen LogP contribution in [0.2, 0.25) is 5.15 Å². The molecule has 1 aromatic carbocycles. The lowest BCUT2D eigenvalue weighted by Crippen LogP contribution is -2.35. The molecule has 104 valence electrons. The average Bonchev–Trinajstić information content (AvgIpc) is 2.36. The minimum absolute atomic E-state index is 0.0186. The number of H-pyrrole nitrogens is 1. The van der Waals surface area contributed by atoms with E-state index in [2.05, 4.69) is 4.98 Å². The summed E-state index contributed by atoms with van der Waals surface area (Å²) in [5, 5.41) is 10.7. The Morgan fingerprint density at radius 2 is 1.95 bits per heavy atom. The highest BCUT2D eigenvalue weighted by atomic mass is 35.5. The molecule has 0 fully saturated rings. The van der Waals surface area contributed by atoms with Crippen molar-refractivity contribution in [2.75, 3.05) is 0 Å². The van der Waals surface area contributed by atoms with Gasteiger partial charge >= 0.3 is 5.69 Å². The Labute approximate surface area is 117 Å². The fourth-order valence-corrected chi connectivity index (χ4v) is 1.98. The van der Waals surface area contributed by atoms with E-state index in [0.29, 0.717) is 5.56 Å². The monoisotopic (exact) mass is 295 g/mol. The lowest BCUT2D eigenvalue weighted by Gasteiger charge is -2.07. The Morgan fingerprint density at radius 3 is 2.50 bits per heavy atom. The smallest absolute Gasteiger partial charge is 0.297 e. The van der Waals surface area contributed by atoms with Crippen LogP contribution >= 0.6 is 11.6 Å². The number of aromatic amines is 1. The molecule has 0 spiro atoms. The molecule has 2 rings (SSSR count). The van der Waals surface area contributed by atoms with Crippen molar-refractivity contribution in [2.24, 2.45) is 0 Å². The number of halogens is 1. The van der Waals surface area contributed by atoms with Crippen molar-refractivity contribution >= 4 is 17.3 Å². The van der Waals surface area contributed by atoms with Gasteiger partial charge in [-0.3, -0.25) is 19.9 Å². The molecule has 0 saturated carbocycles. The van der Waals surface area contributed by atoms with Crippen molar-refractivity contribution in [3.63, 3.8) is 0 Å². The van der Waals surface area contributed by atoms with E-state index in [-0.39, 0.29) is 22.1 Å². The van der Waals surface area contributed by atoms with Gasteiger partial charge in [-0.25, -0.2) is 9.36 Å². The van der Waals surface area contributed by atoms with Gasteiger partial charge in [0.05, 0.1) is 16.2 Å². The first-order chi connectivity index (χ1) is 9.32. The normalized spacial score (nSPS) is 10.6. The van der Waals surface area contributed by atoms with E-state index in [1.807, 2.05) is 0 Å². The van der Waals surface area contributed by atoms with Gasteiger partial charge in [0.15, 0.2) is 0 Å². The number of nitro groups is 1. The second-order valence-electron chi connectivity index (χ2n) is 4.24. The van der Waals surface area contributed by atoms with Gasteiger partial charge in [-0.1, -0.05) is 11.6 Å². The van der Waals surface area contributed by atoms with Crippen molar-refractivity contribution < 1.29 is 4.92 Å². The number of nitrogens with zero attached hydrogens (tertiary/aromatic N) is 2. The summed E-state index contributed by atoms with van der Waals surface area (Å²) in [6, 6.07) is 4.00. The topological polar surface area (TPSA) is 98.0 Å². The van der Waals surface area contributed by atoms with Crippen LogP contribution in [0.1, 0.15) is 11.1 Å². The fraction of sp³-hybridized carbons (Fsp3) is 0.167. The molecule has 1 aromatic heterocycles. The Morgan fingerprint density at radius 1 is 1.30 bits per heavy atom. The highest BCUT2D eigenvalue weighted by molar-refractivity contribution is 6.30. The highest BCUT2D eigenvalue weighted by Gasteiger charge is 2.14. The van der Waals surface area contributed by atoms with Gasteiger partial charge in [0, 0.05) is 11.6 Å². The maximum absolute atomic E-state index is 12.1. The third kappa shape index (κ3) is 2.23. The molecule has 0 radical (unpaired) electrons. The Hall–Kier alpha value is -2.41. The Balaban J connectivity index is 2.74. The summed E-state index contributed by atoms with van der Waals surface area (Å²) in [7, 11) is 0. The van der Waals surface area contributed by atoms with E-state index in [9.17, 15) is 19.7 Å². The second-order valence-corrected chi connectivity index (χ2v) is 4.62. The number of aryl methyl sites for hydroxylation is 1. The lowest BCUT2D eigenvalue weighted by atomic mass is 10.2. The van der Waals surface area contributed by atoms with E-state index < -0.39 is 16.2 Å². The van der Waals surface area contributed by atoms with Crippen LogP contribution in [0.15, 0.2) is 27.8 Å². The molecule has 0 atom stereocenters. The summed E-state index contributed by atoms with van der Waals surface area (Å²) in [6.45, 7) is 3.01. The molecule has 7 nitrogen and oxygen atoms in total. The summed E-state index contributed by atoms with van der Waals surface area (Å²) in [6.07, 6.45) is 0. The van der Waals surface area contributed by atoms with Crippen LogP contribution in [-0.4, -0.2) is 14.5 Å². The van der Waals surface area contributed by atoms with E-state index in [1.54, 1.807) is 0 Å². The van der Waals surface area contributed by atoms with Gasteiger partial charge in [0.25, 0.3) is 11.2 Å². The van der Waals surface area contributed by atoms with Crippen LogP contribution in [0.5, 0.6) is 0 Å². The number of nitrogens with one attached hydrogen (secondary N) is 1. The zero-order valence-electron chi connectivity index (χ0n) is 10.6. The van der Waals surface area contributed by atoms with Gasteiger partial charge in [0.2, 0.25) is 0 Å². The number of nitro benzene ring substituents is 1. The molecule has 0 aliphatic heterocycles. The first kappa shape index (κ1) is 14.0. The van der Waals surface area contributed by atoms with E-state index in [0.717, 1.165) is 4.57 Å². The number of hydrogen-bond donors (Lipinski definition) is 1. The van der Waals surface area contributed by atoms with E-state index in [1.165, 1.54) is 32.0 Å². The quantitative estimate of drug-likeness (QED) is 0.518. The maximum atomic E-state index is 12.1. The first-order valence-corrected chi connectivity index (χ1v) is 5.97. The largest absolute Gasteiger partial charge is 0.334 e. The van der Waals surface area contributed by atoms with Crippen LogP contribution in [0.3, 0.4) is 0 Å². The third-order valence-electron chi connectivity index (χ3n) is 2.91. The molecule has 1 heterocycles. The van der Waals surface area contributed by atoms with Gasteiger partial charge in [-0.2, -0.15) is 0 Å². The summed E-state index contributed by atoms with van der Waals surface area (Å²) in [5.41, 5.74) is -0.539. The number of hydrogen-bond acceptors (Lipinski definition) is 4. The molecule has 0 unspecified atom stereocenters. The SMILES string of the molecule is Cc1cc(-n2c(=O)[nH]c(Cl)c(C)c2=O)ccc1[N+](=O)[O-]. The van der Waals surface area contributed by atoms with E-state index in [4.69, 9.17) is 11.6 Å². The summed E-state index contributed by atoms with van der Waals surface area (Å²) in [4.78, 5) is 36.5. The second kappa shape index (κ2) is 4.93. The van der Waals surface area contributed by atoms with Gasteiger partial charge < -0.3 is 0 Å². The first-order valence-electron chi connectivity index (χ1n) is 5.59. The Bertz CT molecular complexity index is 822. The molecule has 0 amide bonds. The predicted molar refractivity (Wildman–Crippen MR) is 73.8 cm³/mol. The molecule has 8 heteroatoms. The van der Waals surface area contributed by atoms with Crippen LogP contribution in [-0.2, 0) is 0 Å². The van der Waals surface area contributed by atoms with Gasteiger partial charge in [-0.05, 0) is 26.0 Å². The van der Waals surface area contributed by atoms with Crippen LogP contribution in [0, 0.1) is 24.0 Å². The molecule has 0 saturated heterocycles. The molecular weight excluding hydrogens is 286 g/mol. The van der Waals surface area contributed by atoms with Gasteiger partial charge in [0.1, 0.15) is 5.15 Å². The van der Waals surface area contributed by atoms with Gasteiger partial charge in [-0.15, -0.1) is 0 Å². The minimum Gasteiger partial charge on any atom is -0.297 e. The number of benzene rings is 1. The molecular formula is C12H10ClN3O4. The molecule has 0 bridgehead atoms. The number of aromatic nitrogens is 2. The summed E-state index contributed by atoms with van der Waals surface area (Å²) >= 11 is 5.72. The van der Waals surface area contributed by atoms with Crippen molar-refractivity contribution in [3.05, 3.63) is 65.4 Å². The molecule has 20 heavy (non-hydrogen) atoms. The van der Waals surface area contributed by atoms with Crippen molar-refractivity contribution in [2.45, 2.75) is 13.8 Å². The average molecular weight is 296 g/mol. The van der Waals surface area contributed by atoms with Crippen LogP contribution in [0.4, 0.5) is 5.69 Å². The zero-order chi connectivity index (χ0) is 15.0. The fourth-order valence-electron chi connectivity index (χ4n) is 1.82. The van der Waals surface area contributed by atoms with E-state index >= 15 is 0 Å². The minimum atomic E-state index is -0.696. The zero-order valence-corrected chi connectivity index (χ0v) is 11.4. The van der Waals surface area contributed by atoms with Crippen molar-refractivity contribution in [3.8, 4) is 5.69 Å². The van der Waals surface area contributed by atoms with Crippen molar-refractivity contribution in [1.82, 2.24) is 9.55 Å². The number of rotatable bonds is 2. The molecule has 0 aliphatic carbocycles. The highest BCUT2D eigenvalue weighted by Crippen LogP contribution is 2.19. The van der Waals surface area contributed by atoms with Crippen LogP contribution < -0.4 is 11.2 Å². The molecule has 2 aromatic rings. The predicted octanol–water partition coefficient (Wildman–Crippen LogP) is 1.70. The molecule has 1 N–H and O–H groups in total. The lowest BCUT2D eigenvalue weighted by molar-refractivity contribution is -0.385. The standard InChI is InChI=1S/C12H10ClN3O4/c1-6-5-8(3-4-9(6)16(19)20)15-11(17)7(2)10(13)14-12(15)18/h3-5H,1-2H3,(H,14,18). The summed E-state index contributed by atoms with van der Waals surface area (Å²) in [5.74, 6) is 0. The summed E-state index contributed by atoms with van der Waals surface area (Å²) < 4.78 is 0.887. The third-order valence-corrected chi connectivity index (χ3v) is 3.29. The van der Waals surface area contributed by atoms with Crippen LogP contribution in [0.25, 0.3) is 5.69 Å². The Kier molecular flexibility index (Phi) is 3.46. The molecule has 0 aliphatic rings. The maximum Gasteiger partial charge on any atom is 0.334 e. The van der Waals surface area contributed by atoms with Crippen molar-refractivity contribution in [1.29, 1.82) is 0 Å².